The maximum Gasteiger partial charge on any atom is 0.307 e. The van der Waals surface area contributed by atoms with Gasteiger partial charge in [-0.1, -0.05) is 24.3 Å². The molecule has 0 saturated carbocycles. The average molecular weight is 360 g/mol. The van der Waals surface area contributed by atoms with Crippen molar-refractivity contribution in [1.82, 2.24) is 10.2 Å². The minimum atomic E-state index is -0.198. The van der Waals surface area contributed by atoms with E-state index >= 15 is 0 Å². The van der Waals surface area contributed by atoms with Gasteiger partial charge in [0.2, 0.25) is 5.91 Å². The van der Waals surface area contributed by atoms with Crippen LogP contribution in [0.2, 0.25) is 0 Å². The second kappa shape index (κ2) is 10.7. The minimum Gasteiger partial charge on any atom is -0.466 e. The molecule has 1 saturated heterocycles. The molecular weight excluding hydrogens is 332 g/mol. The summed E-state index contributed by atoms with van der Waals surface area (Å²) in [6.45, 7) is 4.90. The smallest absolute Gasteiger partial charge is 0.307 e. The molecule has 6 heteroatoms. The number of Topliss-reactive ketones (excluding diaryl/α,β-unsaturated/α-hetero) is 1. The molecule has 1 fully saturated rings. The Bertz CT molecular complexity index is 613. The van der Waals surface area contributed by atoms with Crippen LogP contribution >= 0.6 is 0 Å². The van der Waals surface area contributed by atoms with Crippen LogP contribution in [0.1, 0.15) is 54.9 Å². The lowest BCUT2D eigenvalue weighted by atomic mass is 10.0. The van der Waals surface area contributed by atoms with Crippen LogP contribution in [0.5, 0.6) is 0 Å². The van der Waals surface area contributed by atoms with Crippen LogP contribution in [0.4, 0.5) is 0 Å². The topological polar surface area (TPSA) is 75.7 Å². The summed E-state index contributed by atoms with van der Waals surface area (Å²) in [5.41, 5.74) is 1.76. The summed E-state index contributed by atoms with van der Waals surface area (Å²) < 4.78 is 4.87. The maximum absolute atomic E-state index is 12.2. The quantitative estimate of drug-likeness (QED) is 0.372. The Morgan fingerprint density at radius 3 is 2.62 bits per heavy atom. The van der Waals surface area contributed by atoms with Crippen molar-refractivity contribution in [3.63, 3.8) is 0 Å². The number of ketones is 1. The first-order valence-corrected chi connectivity index (χ1v) is 9.36. The van der Waals surface area contributed by atoms with Gasteiger partial charge in [-0.15, -0.1) is 0 Å². The fourth-order valence-electron chi connectivity index (χ4n) is 2.98. The molecule has 1 aliphatic rings. The third kappa shape index (κ3) is 6.59. The van der Waals surface area contributed by atoms with Crippen molar-refractivity contribution >= 4 is 17.7 Å². The lowest BCUT2D eigenvalue weighted by Crippen LogP contribution is -2.26. The van der Waals surface area contributed by atoms with Gasteiger partial charge in [-0.25, -0.2) is 0 Å². The van der Waals surface area contributed by atoms with Gasteiger partial charge in [-0.05, 0) is 25.3 Å². The van der Waals surface area contributed by atoms with Crippen molar-refractivity contribution in [3.05, 3.63) is 35.4 Å². The molecule has 0 aromatic heterocycles. The molecule has 142 valence electrons. The number of benzene rings is 1. The highest BCUT2D eigenvalue weighted by Gasteiger charge is 2.19. The van der Waals surface area contributed by atoms with E-state index in [4.69, 9.17) is 4.74 Å². The van der Waals surface area contributed by atoms with Gasteiger partial charge < -0.3 is 15.0 Å². The molecule has 0 atom stereocenters. The van der Waals surface area contributed by atoms with Gasteiger partial charge in [-0.2, -0.15) is 0 Å². The lowest BCUT2D eigenvalue weighted by Gasteiger charge is -2.14. The largest absolute Gasteiger partial charge is 0.466 e. The van der Waals surface area contributed by atoms with Crippen LogP contribution in [0.15, 0.2) is 24.3 Å². The molecule has 1 N–H and O–H groups in total. The highest BCUT2D eigenvalue weighted by Crippen LogP contribution is 2.12. The summed E-state index contributed by atoms with van der Waals surface area (Å²) in [5.74, 6) is 0.118. The minimum absolute atomic E-state index is 0.110. The van der Waals surface area contributed by atoms with Crippen molar-refractivity contribution in [1.29, 1.82) is 0 Å². The molecule has 0 aliphatic carbocycles. The van der Waals surface area contributed by atoms with Crippen LogP contribution < -0.4 is 5.32 Å². The third-order valence-corrected chi connectivity index (χ3v) is 4.42. The van der Waals surface area contributed by atoms with E-state index in [9.17, 15) is 14.4 Å². The summed E-state index contributed by atoms with van der Waals surface area (Å²) in [5, 5.41) is 3.19. The number of esters is 1. The Hall–Kier alpha value is -2.21. The van der Waals surface area contributed by atoms with E-state index in [0.717, 1.165) is 18.5 Å². The molecule has 0 spiro atoms. The standard InChI is InChI=1S/C20H28N2O4/c1-2-26-20(25)11-12-21-15-16-7-9-17(10-8-16)18(23)5-3-13-22-14-4-6-19(22)24/h7-10,21H,2-6,11-15H2,1H3. The third-order valence-electron chi connectivity index (χ3n) is 4.42. The van der Waals surface area contributed by atoms with Crippen molar-refractivity contribution < 1.29 is 19.1 Å². The van der Waals surface area contributed by atoms with Crippen LogP contribution in [-0.4, -0.2) is 48.8 Å². The number of nitrogens with one attached hydrogen (secondary N) is 1. The van der Waals surface area contributed by atoms with Gasteiger partial charge in [0.1, 0.15) is 0 Å². The van der Waals surface area contributed by atoms with E-state index in [0.29, 0.717) is 57.5 Å². The summed E-state index contributed by atoms with van der Waals surface area (Å²) in [4.78, 5) is 36.9. The molecule has 0 bridgehead atoms. The van der Waals surface area contributed by atoms with Crippen molar-refractivity contribution in [2.24, 2.45) is 0 Å². The highest BCUT2D eigenvalue weighted by molar-refractivity contribution is 5.96. The Labute approximate surface area is 154 Å². The number of amides is 1. The van der Waals surface area contributed by atoms with E-state index in [2.05, 4.69) is 5.32 Å². The Kier molecular flexibility index (Phi) is 8.28. The fourth-order valence-corrected chi connectivity index (χ4v) is 2.98. The van der Waals surface area contributed by atoms with E-state index in [1.54, 1.807) is 6.92 Å². The van der Waals surface area contributed by atoms with Gasteiger partial charge in [0, 0.05) is 44.6 Å². The summed E-state index contributed by atoms with van der Waals surface area (Å²) in [7, 11) is 0. The number of ether oxygens (including phenoxy) is 1. The van der Waals surface area contributed by atoms with E-state index in [1.165, 1.54) is 0 Å². The Morgan fingerprint density at radius 1 is 1.19 bits per heavy atom. The zero-order valence-electron chi connectivity index (χ0n) is 15.5. The normalized spacial score (nSPS) is 13.9. The molecule has 2 rings (SSSR count). The first-order valence-electron chi connectivity index (χ1n) is 9.36. The van der Waals surface area contributed by atoms with Gasteiger partial charge in [-0.3, -0.25) is 14.4 Å². The SMILES string of the molecule is CCOC(=O)CCNCc1ccc(C(=O)CCCN2CCCC2=O)cc1. The number of nitrogens with zero attached hydrogens (tertiary/aromatic N) is 1. The lowest BCUT2D eigenvalue weighted by molar-refractivity contribution is -0.143. The van der Waals surface area contributed by atoms with Crippen LogP contribution in [0.25, 0.3) is 0 Å². The molecule has 6 nitrogen and oxygen atoms in total. The zero-order valence-corrected chi connectivity index (χ0v) is 15.5. The molecule has 1 aromatic carbocycles. The first-order chi connectivity index (χ1) is 12.6. The average Bonchev–Trinajstić information content (AvgIpc) is 3.04. The molecule has 1 aliphatic heterocycles. The maximum atomic E-state index is 12.2. The number of rotatable bonds is 11. The first kappa shape index (κ1) is 20.1. The van der Waals surface area contributed by atoms with Crippen LogP contribution in [-0.2, 0) is 20.9 Å². The molecule has 26 heavy (non-hydrogen) atoms. The number of hydrogen-bond acceptors (Lipinski definition) is 5. The van der Waals surface area contributed by atoms with Crippen LogP contribution in [0, 0.1) is 0 Å². The molecular formula is C20H28N2O4. The van der Waals surface area contributed by atoms with Gasteiger partial charge in [0.15, 0.2) is 5.78 Å². The van der Waals surface area contributed by atoms with E-state index < -0.39 is 0 Å². The number of hydrogen-bond donors (Lipinski definition) is 1. The fraction of sp³-hybridized carbons (Fsp3) is 0.550. The molecule has 1 heterocycles. The summed E-state index contributed by atoms with van der Waals surface area (Å²) >= 11 is 0. The van der Waals surface area contributed by atoms with Crippen molar-refractivity contribution in [2.45, 2.75) is 45.6 Å². The molecule has 1 amide bonds. The second-order valence-corrected chi connectivity index (χ2v) is 6.44. The predicted octanol–water partition coefficient (Wildman–Crippen LogP) is 2.31. The Morgan fingerprint density at radius 2 is 1.96 bits per heavy atom. The second-order valence-electron chi connectivity index (χ2n) is 6.44. The number of carbonyl (C=O) groups excluding carboxylic acids is 3. The Balaban J connectivity index is 1.66. The summed E-state index contributed by atoms with van der Waals surface area (Å²) in [6.07, 6.45) is 3.10. The molecule has 0 unspecified atom stereocenters. The van der Waals surface area contributed by atoms with Gasteiger partial charge in [0.25, 0.3) is 0 Å². The van der Waals surface area contributed by atoms with Crippen LogP contribution in [0.3, 0.4) is 0 Å². The number of likely N-dealkylation sites (tertiary alicyclic amines) is 1. The zero-order chi connectivity index (χ0) is 18.8. The van der Waals surface area contributed by atoms with Gasteiger partial charge >= 0.3 is 5.97 Å². The number of carbonyl (C=O) groups is 3. The monoisotopic (exact) mass is 360 g/mol. The van der Waals surface area contributed by atoms with Gasteiger partial charge in [0.05, 0.1) is 13.0 Å². The van der Waals surface area contributed by atoms with E-state index in [-0.39, 0.29) is 17.7 Å². The van der Waals surface area contributed by atoms with Crippen molar-refractivity contribution in [2.75, 3.05) is 26.2 Å². The van der Waals surface area contributed by atoms with E-state index in [1.807, 2.05) is 29.2 Å². The molecule has 1 aromatic rings. The summed E-state index contributed by atoms with van der Waals surface area (Å²) in [6, 6.07) is 7.53. The molecule has 0 radical (unpaired) electrons. The highest BCUT2D eigenvalue weighted by atomic mass is 16.5. The van der Waals surface area contributed by atoms with Crippen molar-refractivity contribution in [3.8, 4) is 0 Å². The predicted molar refractivity (Wildman–Crippen MR) is 98.8 cm³/mol.